The first-order chi connectivity index (χ1) is 15.0. The molecule has 0 unspecified atom stereocenters. The average Bonchev–Trinajstić information content (AvgIpc) is 2.78. The van der Waals surface area contributed by atoms with Crippen molar-refractivity contribution in [1.29, 1.82) is 0 Å². The Hall–Kier alpha value is -4.13. The Morgan fingerprint density at radius 2 is 1.45 bits per heavy atom. The average molecular weight is 417 g/mol. The third kappa shape index (κ3) is 5.93. The molecule has 3 rings (SSSR count). The fourth-order valence-corrected chi connectivity index (χ4v) is 2.92. The fourth-order valence-electron chi connectivity index (χ4n) is 2.92. The Balaban J connectivity index is 1.51. The Kier molecular flexibility index (Phi) is 7.01. The van der Waals surface area contributed by atoms with Gasteiger partial charge in [0.15, 0.2) is 0 Å². The highest BCUT2D eigenvalue weighted by Crippen LogP contribution is 2.14. The van der Waals surface area contributed by atoms with E-state index >= 15 is 0 Å². The standard InChI is InChI=1S/C24H23N3O4/c1-16-5-3-4-6-21(16)24(30)27-26-23(29)18-9-11-19(12-10-18)25-22(28)15-17-7-13-20(31-2)14-8-17/h3-14H,15H2,1-2H3,(H,25,28)(H,26,29)(H,27,30). The normalized spacial score (nSPS) is 10.1. The van der Waals surface area contributed by atoms with Crippen molar-refractivity contribution in [2.24, 2.45) is 0 Å². The van der Waals surface area contributed by atoms with Crippen molar-refractivity contribution in [3.8, 4) is 5.75 Å². The summed E-state index contributed by atoms with van der Waals surface area (Å²) in [6.45, 7) is 1.82. The number of carbonyl (C=O) groups is 3. The van der Waals surface area contributed by atoms with Gasteiger partial charge in [0, 0.05) is 16.8 Å². The molecule has 0 bridgehead atoms. The molecule has 3 aromatic rings. The molecule has 7 nitrogen and oxygen atoms in total. The Labute approximate surface area is 180 Å². The Morgan fingerprint density at radius 3 is 2.10 bits per heavy atom. The summed E-state index contributed by atoms with van der Waals surface area (Å²) in [6.07, 6.45) is 0.219. The van der Waals surface area contributed by atoms with Crippen LogP contribution in [0.2, 0.25) is 0 Å². The molecule has 0 fully saturated rings. The maximum atomic E-state index is 12.3. The topological polar surface area (TPSA) is 96.5 Å². The number of amides is 3. The first-order valence-electron chi connectivity index (χ1n) is 9.65. The van der Waals surface area contributed by atoms with Crippen molar-refractivity contribution >= 4 is 23.4 Å². The molecule has 0 saturated carbocycles. The van der Waals surface area contributed by atoms with Gasteiger partial charge in [0.2, 0.25) is 5.91 Å². The maximum absolute atomic E-state index is 12.3. The van der Waals surface area contributed by atoms with Crippen molar-refractivity contribution in [3.63, 3.8) is 0 Å². The minimum atomic E-state index is -0.460. The van der Waals surface area contributed by atoms with Crippen LogP contribution in [-0.2, 0) is 11.2 Å². The van der Waals surface area contributed by atoms with Crippen LogP contribution in [0, 0.1) is 6.92 Å². The molecule has 0 radical (unpaired) electrons. The van der Waals surface area contributed by atoms with E-state index in [2.05, 4.69) is 16.2 Å². The molecule has 7 heteroatoms. The van der Waals surface area contributed by atoms with E-state index in [0.29, 0.717) is 16.8 Å². The molecule has 0 heterocycles. The van der Waals surface area contributed by atoms with Crippen LogP contribution in [0.1, 0.15) is 31.8 Å². The lowest BCUT2D eigenvalue weighted by atomic mass is 10.1. The molecule has 3 N–H and O–H groups in total. The number of aryl methyl sites for hydroxylation is 1. The predicted molar refractivity (Wildman–Crippen MR) is 118 cm³/mol. The number of hydrazine groups is 1. The van der Waals surface area contributed by atoms with Gasteiger partial charge in [-0.3, -0.25) is 25.2 Å². The number of nitrogens with one attached hydrogen (secondary N) is 3. The third-order valence-electron chi connectivity index (χ3n) is 4.63. The van der Waals surface area contributed by atoms with Gasteiger partial charge < -0.3 is 10.1 Å². The van der Waals surface area contributed by atoms with Gasteiger partial charge >= 0.3 is 0 Å². The molecule has 0 saturated heterocycles. The van der Waals surface area contributed by atoms with Crippen LogP contribution in [0.3, 0.4) is 0 Å². The number of ether oxygens (including phenoxy) is 1. The molecular formula is C24H23N3O4. The number of carbonyl (C=O) groups excluding carboxylic acids is 3. The van der Waals surface area contributed by atoms with E-state index in [1.807, 2.05) is 31.2 Å². The van der Waals surface area contributed by atoms with Gasteiger partial charge in [-0.15, -0.1) is 0 Å². The van der Waals surface area contributed by atoms with E-state index in [9.17, 15) is 14.4 Å². The smallest absolute Gasteiger partial charge is 0.269 e. The van der Waals surface area contributed by atoms with Gasteiger partial charge in [0.1, 0.15) is 5.75 Å². The van der Waals surface area contributed by atoms with Crippen LogP contribution in [0.5, 0.6) is 5.75 Å². The number of hydrogen-bond donors (Lipinski definition) is 3. The Morgan fingerprint density at radius 1 is 0.806 bits per heavy atom. The zero-order valence-corrected chi connectivity index (χ0v) is 17.3. The number of rotatable bonds is 6. The van der Waals surface area contributed by atoms with Crippen molar-refractivity contribution < 1.29 is 19.1 Å². The first-order valence-corrected chi connectivity index (χ1v) is 9.65. The molecule has 0 aliphatic rings. The van der Waals surface area contributed by atoms with Crippen molar-refractivity contribution in [3.05, 3.63) is 95.1 Å². The lowest BCUT2D eigenvalue weighted by molar-refractivity contribution is -0.115. The second-order valence-electron chi connectivity index (χ2n) is 6.87. The van der Waals surface area contributed by atoms with Gasteiger partial charge in [0.05, 0.1) is 13.5 Å². The minimum absolute atomic E-state index is 0.173. The molecule has 0 aliphatic heterocycles. The van der Waals surface area contributed by atoms with Crippen LogP contribution < -0.4 is 20.9 Å². The largest absolute Gasteiger partial charge is 0.497 e. The van der Waals surface area contributed by atoms with E-state index in [1.165, 1.54) is 0 Å². The third-order valence-corrected chi connectivity index (χ3v) is 4.63. The minimum Gasteiger partial charge on any atom is -0.497 e. The summed E-state index contributed by atoms with van der Waals surface area (Å²) in [6, 6.07) is 20.7. The van der Waals surface area contributed by atoms with Gasteiger partial charge in [-0.2, -0.15) is 0 Å². The lowest BCUT2D eigenvalue weighted by Crippen LogP contribution is -2.41. The number of benzene rings is 3. The van der Waals surface area contributed by atoms with Crippen LogP contribution in [-0.4, -0.2) is 24.8 Å². The predicted octanol–water partition coefficient (Wildman–Crippen LogP) is 3.26. The Bertz CT molecular complexity index is 1080. The van der Waals surface area contributed by atoms with E-state index in [1.54, 1.807) is 55.6 Å². The van der Waals surface area contributed by atoms with Crippen LogP contribution in [0.15, 0.2) is 72.8 Å². The molecule has 3 amide bonds. The quantitative estimate of drug-likeness (QED) is 0.537. The van der Waals surface area contributed by atoms with Gasteiger partial charge in [-0.1, -0.05) is 30.3 Å². The van der Waals surface area contributed by atoms with Crippen molar-refractivity contribution in [1.82, 2.24) is 10.9 Å². The SMILES string of the molecule is COc1ccc(CC(=O)Nc2ccc(C(=O)NNC(=O)c3ccccc3C)cc2)cc1. The molecular weight excluding hydrogens is 394 g/mol. The fraction of sp³-hybridized carbons (Fsp3) is 0.125. The van der Waals surface area contributed by atoms with E-state index < -0.39 is 11.8 Å². The number of methoxy groups -OCH3 is 1. The molecule has 3 aromatic carbocycles. The summed E-state index contributed by atoms with van der Waals surface area (Å²) in [5.74, 6) is -0.298. The lowest BCUT2D eigenvalue weighted by Gasteiger charge is -2.10. The van der Waals surface area contributed by atoms with E-state index in [0.717, 1.165) is 16.9 Å². The zero-order valence-electron chi connectivity index (χ0n) is 17.3. The zero-order chi connectivity index (χ0) is 22.2. The monoisotopic (exact) mass is 417 g/mol. The molecule has 0 atom stereocenters. The highest BCUT2D eigenvalue weighted by molar-refractivity contribution is 6.00. The summed E-state index contributed by atoms with van der Waals surface area (Å²) in [7, 11) is 1.59. The van der Waals surface area contributed by atoms with Crippen LogP contribution in [0.25, 0.3) is 0 Å². The summed E-state index contributed by atoms with van der Waals surface area (Å²) < 4.78 is 5.10. The van der Waals surface area contributed by atoms with Gasteiger partial charge in [-0.05, 0) is 60.5 Å². The van der Waals surface area contributed by atoms with E-state index in [-0.39, 0.29) is 12.3 Å². The summed E-state index contributed by atoms with van der Waals surface area (Å²) in [4.78, 5) is 36.7. The molecule has 158 valence electrons. The van der Waals surface area contributed by atoms with Crippen LogP contribution in [0.4, 0.5) is 5.69 Å². The summed E-state index contributed by atoms with van der Waals surface area (Å²) in [5, 5.41) is 2.79. The molecule has 0 spiro atoms. The van der Waals surface area contributed by atoms with Crippen LogP contribution >= 0.6 is 0 Å². The number of anilines is 1. The molecule has 31 heavy (non-hydrogen) atoms. The van der Waals surface area contributed by atoms with E-state index in [4.69, 9.17) is 4.74 Å². The molecule has 0 aromatic heterocycles. The molecule has 0 aliphatic carbocycles. The van der Waals surface area contributed by atoms with Gasteiger partial charge in [-0.25, -0.2) is 0 Å². The number of hydrogen-bond acceptors (Lipinski definition) is 4. The van der Waals surface area contributed by atoms with Crippen molar-refractivity contribution in [2.45, 2.75) is 13.3 Å². The highest BCUT2D eigenvalue weighted by atomic mass is 16.5. The second-order valence-corrected chi connectivity index (χ2v) is 6.87. The first kappa shape index (κ1) is 21.6. The summed E-state index contributed by atoms with van der Waals surface area (Å²) in [5.41, 5.74) is 7.86. The highest BCUT2D eigenvalue weighted by Gasteiger charge is 2.11. The maximum Gasteiger partial charge on any atom is 0.269 e. The summed E-state index contributed by atoms with van der Waals surface area (Å²) >= 11 is 0. The second kappa shape index (κ2) is 10.1. The van der Waals surface area contributed by atoms with Crippen molar-refractivity contribution in [2.75, 3.05) is 12.4 Å². The van der Waals surface area contributed by atoms with Gasteiger partial charge in [0.25, 0.3) is 11.8 Å².